The number of rotatable bonds is 7. The van der Waals surface area contributed by atoms with Crippen LogP contribution in [0.15, 0.2) is 30.7 Å². The minimum absolute atomic E-state index is 0.0120. The second kappa shape index (κ2) is 8.95. The van der Waals surface area contributed by atoms with Gasteiger partial charge in [0.2, 0.25) is 0 Å². The molecule has 1 aromatic heterocycles. The van der Waals surface area contributed by atoms with Crippen molar-refractivity contribution in [2.45, 2.75) is 40.2 Å². The van der Waals surface area contributed by atoms with E-state index in [0.717, 1.165) is 19.5 Å². The fraction of sp³-hybridized carbons (Fsp3) is 0.500. The van der Waals surface area contributed by atoms with Gasteiger partial charge in [0.15, 0.2) is 11.6 Å². The molecule has 0 bridgehead atoms. The number of nitrogens with two attached hydrogens (primary N) is 1. The summed E-state index contributed by atoms with van der Waals surface area (Å²) in [7, 11) is 0. The van der Waals surface area contributed by atoms with Crippen molar-refractivity contribution < 1.29 is 13.9 Å². The molecule has 2 N–H and O–H groups in total. The molecule has 1 aliphatic rings. The van der Waals surface area contributed by atoms with Crippen molar-refractivity contribution in [3.63, 3.8) is 0 Å². The molecule has 0 aliphatic carbocycles. The molecule has 0 unspecified atom stereocenters. The smallest absolute Gasteiger partial charge is 0.257 e. The summed E-state index contributed by atoms with van der Waals surface area (Å²) in [6.45, 7) is 10.5. The van der Waals surface area contributed by atoms with Crippen molar-refractivity contribution >= 4 is 11.7 Å². The number of benzene rings is 1. The van der Waals surface area contributed by atoms with Crippen LogP contribution in [-0.4, -0.2) is 53.0 Å². The number of carbonyl (C=O) groups is 1. The summed E-state index contributed by atoms with van der Waals surface area (Å²) in [5, 5.41) is 0. The Kier molecular flexibility index (Phi) is 6.55. The van der Waals surface area contributed by atoms with Crippen molar-refractivity contribution in [1.82, 2.24) is 14.9 Å². The number of halogens is 1. The van der Waals surface area contributed by atoms with Gasteiger partial charge in [0.25, 0.3) is 5.91 Å². The van der Waals surface area contributed by atoms with Crippen LogP contribution in [0.1, 0.15) is 44.5 Å². The molecule has 30 heavy (non-hydrogen) atoms. The third-order valence-electron chi connectivity index (χ3n) is 5.63. The summed E-state index contributed by atoms with van der Waals surface area (Å²) in [5.41, 5.74) is 6.12. The first-order valence-electron chi connectivity index (χ1n) is 10.3. The van der Waals surface area contributed by atoms with Gasteiger partial charge < -0.3 is 20.3 Å². The van der Waals surface area contributed by atoms with Crippen LogP contribution in [0.25, 0.3) is 0 Å². The van der Waals surface area contributed by atoms with Crippen LogP contribution in [0.5, 0.6) is 11.5 Å². The number of ether oxygens (including phenoxy) is 1. The maximum absolute atomic E-state index is 14.0. The van der Waals surface area contributed by atoms with Gasteiger partial charge in [-0.1, -0.05) is 6.92 Å². The Bertz CT molecular complexity index is 907. The van der Waals surface area contributed by atoms with E-state index < -0.39 is 5.82 Å². The van der Waals surface area contributed by atoms with Crippen LogP contribution in [0.2, 0.25) is 0 Å². The number of anilines is 1. The van der Waals surface area contributed by atoms with Crippen molar-refractivity contribution in [3.8, 4) is 11.5 Å². The average Bonchev–Trinajstić information content (AvgIpc) is 3.12. The Hall–Kier alpha value is -2.74. The summed E-state index contributed by atoms with van der Waals surface area (Å²) >= 11 is 0. The van der Waals surface area contributed by atoms with Gasteiger partial charge in [0.1, 0.15) is 17.9 Å². The molecule has 1 aromatic carbocycles. The number of hydrogen-bond donors (Lipinski definition) is 1. The topological polar surface area (TPSA) is 84.6 Å². The van der Waals surface area contributed by atoms with E-state index >= 15 is 0 Å². The monoisotopic (exact) mass is 415 g/mol. The van der Waals surface area contributed by atoms with Crippen LogP contribution >= 0.6 is 0 Å². The minimum atomic E-state index is -0.492. The lowest BCUT2D eigenvalue weighted by Gasteiger charge is -2.26. The van der Waals surface area contributed by atoms with Crippen LogP contribution in [-0.2, 0) is 0 Å². The van der Waals surface area contributed by atoms with E-state index in [2.05, 4.69) is 21.8 Å². The predicted octanol–water partition coefficient (Wildman–Crippen LogP) is 3.45. The lowest BCUT2D eigenvalue weighted by Crippen LogP contribution is -2.36. The van der Waals surface area contributed by atoms with Gasteiger partial charge in [-0.25, -0.2) is 14.4 Å². The van der Waals surface area contributed by atoms with Crippen molar-refractivity contribution in [2.75, 3.05) is 31.1 Å². The van der Waals surface area contributed by atoms with E-state index in [1.807, 2.05) is 20.8 Å². The highest BCUT2D eigenvalue weighted by Gasteiger charge is 2.34. The largest absolute Gasteiger partial charge is 0.451 e. The maximum atomic E-state index is 14.0. The molecule has 7 nitrogen and oxygen atoms in total. The van der Waals surface area contributed by atoms with E-state index in [0.29, 0.717) is 24.7 Å². The number of carbonyl (C=O) groups excluding carboxylic acids is 1. The van der Waals surface area contributed by atoms with Gasteiger partial charge in [-0.15, -0.1) is 0 Å². The Balaban J connectivity index is 1.94. The van der Waals surface area contributed by atoms with Gasteiger partial charge in [-0.3, -0.25) is 4.79 Å². The minimum Gasteiger partial charge on any atom is -0.451 e. The fourth-order valence-corrected chi connectivity index (χ4v) is 3.77. The number of aromatic nitrogens is 2. The van der Waals surface area contributed by atoms with E-state index in [1.165, 1.54) is 24.5 Å². The molecule has 2 heterocycles. The maximum Gasteiger partial charge on any atom is 0.257 e. The van der Waals surface area contributed by atoms with Gasteiger partial charge in [-0.05, 0) is 57.4 Å². The summed E-state index contributed by atoms with van der Waals surface area (Å²) < 4.78 is 20.1. The lowest BCUT2D eigenvalue weighted by molar-refractivity contribution is 0.0713. The van der Waals surface area contributed by atoms with Crippen LogP contribution in [0.3, 0.4) is 0 Å². The van der Waals surface area contributed by atoms with Gasteiger partial charge in [-0.2, -0.15) is 0 Å². The molecule has 0 saturated carbocycles. The van der Waals surface area contributed by atoms with E-state index in [-0.39, 0.29) is 28.7 Å². The van der Waals surface area contributed by atoms with Crippen LogP contribution < -0.4 is 15.4 Å². The Morgan fingerprint density at radius 3 is 2.80 bits per heavy atom. The number of nitrogens with zero attached hydrogens (tertiary/aromatic N) is 4. The molecular formula is C22H30FN5O2. The molecule has 0 radical (unpaired) electrons. The SMILES string of the molecule is CCN(C(=O)c1cc(F)ccc1Oc1cncnc1N1CC[C@@](C)(CN)C1)C(C)C. The summed E-state index contributed by atoms with van der Waals surface area (Å²) in [4.78, 5) is 25.3. The quantitative estimate of drug-likeness (QED) is 0.746. The highest BCUT2D eigenvalue weighted by atomic mass is 19.1. The average molecular weight is 416 g/mol. The Labute approximate surface area is 177 Å². The fourth-order valence-electron chi connectivity index (χ4n) is 3.77. The third kappa shape index (κ3) is 4.53. The molecule has 8 heteroatoms. The lowest BCUT2D eigenvalue weighted by atomic mass is 9.90. The van der Waals surface area contributed by atoms with E-state index in [9.17, 15) is 9.18 Å². The highest BCUT2D eigenvalue weighted by molar-refractivity contribution is 5.97. The van der Waals surface area contributed by atoms with Crippen LogP contribution in [0.4, 0.5) is 10.2 Å². The summed E-state index contributed by atoms with van der Waals surface area (Å²) in [6, 6.07) is 3.95. The zero-order chi connectivity index (χ0) is 21.9. The van der Waals surface area contributed by atoms with Crippen molar-refractivity contribution in [2.24, 2.45) is 11.1 Å². The molecule has 1 fully saturated rings. The third-order valence-corrected chi connectivity index (χ3v) is 5.63. The molecule has 1 aliphatic heterocycles. The van der Waals surface area contributed by atoms with E-state index in [4.69, 9.17) is 10.5 Å². The summed E-state index contributed by atoms with van der Waals surface area (Å²) in [5.74, 6) is 0.566. The molecule has 0 spiro atoms. The molecule has 1 atom stereocenters. The van der Waals surface area contributed by atoms with E-state index in [1.54, 1.807) is 11.1 Å². The normalized spacial score (nSPS) is 18.7. The van der Waals surface area contributed by atoms with Crippen molar-refractivity contribution in [1.29, 1.82) is 0 Å². The van der Waals surface area contributed by atoms with Gasteiger partial charge >= 0.3 is 0 Å². The molecular weight excluding hydrogens is 385 g/mol. The first kappa shape index (κ1) is 22.0. The second-order valence-corrected chi connectivity index (χ2v) is 8.32. The number of hydrogen-bond acceptors (Lipinski definition) is 6. The molecule has 1 amide bonds. The first-order chi connectivity index (χ1) is 14.3. The molecule has 1 saturated heterocycles. The first-order valence-corrected chi connectivity index (χ1v) is 10.3. The molecule has 2 aromatic rings. The second-order valence-electron chi connectivity index (χ2n) is 8.32. The van der Waals surface area contributed by atoms with Crippen molar-refractivity contribution in [3.05, 3.63) is 42.1 Å². The van der Waals surface area contributed by atoms with Gasteiger partial charge in [0.05, 0.1) is 11.8 Å². The zero-order valence-corrected chi connectivity index (χ0v) is 18.1. The standard InChI is InChI=1S/C22H30FN5O2/c1-5-28(15(2)3)21(29)17-10-16(23)6-7-18(17)30-19-11-25-14-26-20(19)27-9-8-22(4,12-24)13-27/h6-7,10-11,14-15H,5,8-9,12-13,24H2,1-4H3/t22-/m0/s1. The van der Waals surface area contributed by atoms with Gasteiger partial charge in [0, 0.05) is 25.7 Å². The predicted molar refractivity (Wildman–Crippen MR) is 114 cm³/mol. The molecule has 162 valence electrons. The zero-order valence-electron chi connectivity index (χ0n) is 18.1. The Morgan fingerprint density at radius 1 is 1.40 bits per heavy atom. The Morgan fingerprint density at radius 2 is 2.17 bits per heavy atom. The van der Waals surface area contributed by atoms with Crippen LogP contribution in [0, 0.1) is 11.2 Å². The molecule has 3 rings (SSSR count). The summed E-state index contributed by atoms with van der Waals surface area (Å²) in [6.07, 6.45) is 3.99. The number of amides is 1. The highest BCUT2D eigenvalue weighted by Crippen LogP contribution is 2.37.